The topological polar surface area (TPSA) is 70.3 Å². The first-order valence-electron chi connectivity index (χ1n) is 6.55. The van der Waals surface area contributed by atoms with Crippen LogP contribution in [-0.4, -0.2) is 26.3 Å². The Bertz CT molecular complexity index is 870. The maximum atomic E-state index is 10.7. The van der Waals surface area contributed by atoms with Crippen molar-refractivity contribution in [2.24, 2.45) is 0 Å². The number of pyridine rings is 1. The lowest BCUT2D eigenvalue weighted by atomic mass is 10.0. The Kier molecular flexibility index (Phi) is 3.33. The summed E-state index contributed by atoms with van der Waals surface area (Å²) in [5.41, 5.74) is 5.20. The summed E-state index contributed by atoms with van der Waals surface area (Å²) in [4.78, 5) is 10.7. The minimum absolute atomic E-state index is 0.138. The van der Waals surface area contributed by atoms with Crippen LogP contribution in [0.4, 0.5) is 0 Å². The van der Waals surface area contributed by atoms with Crippen molar-refractivity contribution < 1.29 is 9.90 Å². The highest BCUT2D eigenvalue weighted by molar-refractivity contribution is 7.99. The highest BCUT2D eigenvalue weighted by Gasteiger charge is 2.13. The standard InChI is InChI=1S/C15H15N3O2S/c1-8-4-10(3)14-11(5-8)9(2)6-12-16-17-15(18(12)14)21-7-13(19)20/h4-6H,7H2,1-3H3,(H,19,20)/p-1. The average Bonchev–Trinajstić information content (AvgIpc) is 2.79. The molecule has 0 bridgehead atoms. The first-order chi connectivity index (χ1) is 9.97. The van der Waals surface area contributed by atoms with E-state index in [0.717, 1.165) is 39.4 Å². The van der Waals surface area contributed by atoms with Crippen LogP contribution in [0.15, 0.2) is 23.4 Å². The molecule has 0 spiro atoms. The van der Waals surface area contributed by atoms with E-state index in [0.29, 0.717) is 5.16 Å². The van der Waals surface area contributed by atoms with Gasteiger partial charge < -0.3 is 9.90 Å². The van der Waals surface area contributed by atoms with Crippen LogP contribution in [-0.2, 0) is 4.79 Å². The average molecular weight is 300 g/mol. The molecule has 108 valence electrons. The fourth-order valence-electron chi connectivity index (χ4n) is 2.63. The number of aryl methyl sites for hydroxylation is 3. The van der Waals surface area contributed by atoms with Gasteiger partial charge in [0.2, 0.25) is 0 Å². The second kappa shape index (κ2) is 5.04. The van der Waals surface area contributed by atoms with Gasteiger partial charge in [0, 0.05) is 11.1 Å². The summed E-state index contributed by atoms with van der Waals surface area (Å²) < 4.78 is 1.92. The summed E-state index contributed by atoms with van der Waals surface area (Å²) >= 11 is 1.13. The van der Waals surface area contributed by atoms with Crippen molar-refractivity contribution in [3.8, 4) is 0 Å². The molecule has 0 aliphatic rings. The van der Waals surface area contributed by atoms with Crippen LogP contribution in [0.2, 0.25) is 0 Å². The molecule has 5 nitrogen and oxygen atoms in total. The molecule has 0 atom stereocenters. The summed E-state index contributed by atoms with van der Waals surface area (Å²) in [5.74, 6) is -1.25. The summed E-state index contributed by atoms with van der Waals surface area (Å²) in [6.45, 7) is 6.15. The van der Waals surface area contributed by atoms with Crippen LogP contribution in [0.1, 0.15) is 16.7 Å². The maximum absolute atomic E-state index is 10.7. The van der Waals surface area contributed by atoms with E-state index in [-0.39, 0.29) is 5.75 Å². The molecule has 2 aromatic heterocycles. The first kappa shape index (κ1) is 13.9. The van der Waals surface area contributed by atoms with Gasteiger partial charge in [-0.1, -0.05) is 23.4 Å². The van der Waals surface area contributed by atoms with Crippen molar-refractivity contribution in [3.05, 3.63) is 34.9 Å². The van der Waals surface area contributed by atoms with E-state index in [1.165, 1.54) is 5.56 Å². The Labute approximate surface area is 126 Å². The van der Waals surface area contributed by atoms with Gasteiger partial charge in [-0.3, -0.25) is 4.40 Å². The van der Waals surface area contributed by atoms with E-state index < -0.39 is 5.97 Å². The maximum Gasteiger partial charge on any atom is 0.196 e. The molecule has 0 radical (unpaired) electrons. The number of hydrogen-bond acceptors (Lipinski definition) is 5. The number of carbonyl (C=O) groups is 1. The number of fused-ring (bicyclic) bond motifs is 3. The molecule has 6 heteroatoms. The monoisotopic (exact) mass is 300 g/mol. The number of carboxylic acids is 1. The molecule has 3 aromatic rings. The lowest BCUT2D eigenvalue weighted by molar-refractivity contribution is -0.301. The van der Waals surface area contributed by atoms with Gasteiger partial charge >= 0.3 is 0 Å². The van der Waals surface area contributed by atoms with Crippen LogP contribution >= 0.6 is 11.8 Å². The minimum atomic E-state index is -1.11. The first-order valence-corrected chi connectivity index (χ1v) is 7.54. The third-order valence-corrected chi connectivity index (χ3v) is 4.32. The van der Waals surface area contributed by atoms with Crippen LogP contribution < -0.4 is 5.11 Å². The molecule has 0 aliphatic heterocycles. The number of aromatic nitrogens is 3. The fourth-order valence-corrected chi connectivity index (χ4v) is 3.29. The fraction of sp³-hybridized carbons (Fsp3) is 0.267. The molecule has 0 saturated carbocycles. The lowest BCUT2D eigenvalue weighted by Crippen LogP contribution is -2.24. The zero-order chi connectivity index (χ0) is 15.1. The molecular weight excluding hydrogens is 286 g/mol. The van der Waals surface area contributed by atoms with Gasteiger partial charge in [0.15, 0.2) is 10.8 Å². The van der Waals surface area contributed by atoms with E-state index in [9.17, 15) is 9.90 Å². The smallest absolute Gasteiger partial charge is 0.196 e. The predicted molar refractivity (Wildman–Crippen MR) is 80.4 cm³/mol. The number of aliphatic carboxylic acids is 1. The van der Waals surface area contributed by atoms with Crippen molar-refractivity contribution in [1.29, 1.82) is 0 Å². The number of carbonyl (C=O) groups excluding carboxylic acids is 1. The summed E-state index contributed by atoms with van der Waals surface area (Å²) in [7, 11) is 0. The number of nitrogens with zero attached hydrogens (tertiary/aromatic N) is 3. The van der Waals surface area contributed by atoms with Gasteiger partial charge in [0.25, 0.3) is 0 Å². The van der Waals surface area contributed by atoms with Gasteiger partial charge in [-0.25, -0.2) is 0 Å². The normalized spacial score (nSPS) is 11.4. The lowest BCUT2D eigenvalue weighted by Gasteiger charge is -2.11. The quantitative estimate of drug-likeness (QED) is 0.688. The molecule has 0 saturated heterocycles. The van der Waals surface area contributed by atoms with Crippen LogP contribution in [0.5, 0.6) is 0 Å². The molecular formula is C15H14N3O2S-. The van der Waals surface area contributed by atoms with E-state index in [2.05, 4.69) is 29.3 Å². The van der Waals surface area contributed by atoms with E-state index in [4.69, 9.17) is 0 Å². The van der Waals surface area contributed by atoms with Crippen molar-refractivity contribution in [1.82, 2.24) is 14.6 Å². The van der Waals surface area contributed by atoms with Gasteiger partial charge in [-0.2, -0.15) is 0 Å². The second-order valence-electron chi connectivity index (χ2n) is 5.14. The van der Waals surface area contributed by atoms with E-state index in [1.807, 2.05) is 24.3 Å². The van der Waals surface area contributed by atoms with Crippen molar-refractivity contribution in [2.45, 2.75) is 25.9 Å². The molecule has 21 heavy (non-hydrogen) atoms. The van der Waals surface area contributed by atoms with Gasteiger partial charge in [0.05, 0.1) is 11.5 Å². The second-order valence-corrected chi connectivity index (χ2v) is 6.08. The van der Waals surface area contributed by atoms with Crippen LogP contribution in [0.25, 0.3) is 16.6 Å². The molecule has 0 unspecified atom stereocenters. The van der Waals surface area contributed by atoms with Crippen LogP contribution in [0.3, 0.4) is 0 Å². The zero-order valence-corrected chi connectivity index (χ0v) is 12.8. The van der Waals surface area contributed by atoms with Crippen molar-refractivity contribution in [2.75, 3.05) is 5.75 Å². The number of benzene rings is 1. The number of rotatable bonds is 3. The van der Waals surface area contributed by atoms with Crippen LogP contribution in [0, 0.1) is 20.8 Å². The predicted octanol–water partition coefficient (Wildman–Crippen LogP) is 1.65. The Hall–Kier alpha value is -2.08. The molecule has 0 amide bonds. The molecule has 3 rings (SSSR count). The third-order valence-electron chi connectivity index (χ3n) is 3.42. The van der Waals surface area contributed by atoms with Gasteiger partial charge in [-0.05, 0) is 44.0 Å². The number of thioether (sulfide) groups is 1. The Morgan fingerprint density at radius 2 is 1.95 bits per heavy atom. The largest absolute Gasteiger partial charge is 0.549 e. The molecule has 2 heterocycles. The molecule has 0 aliphatic carbocycles. The SMILES string of the molecule is Cc1cc(C)c2c(c1)c(C)cc1nnc(SCC(=O)[O-])n12. The van der Waals surface area contributed by atoms with Gasteiger partial charge in [0.1, 0.15) is 0 Å². The Morgan fingerprint density at radius 1 is 1.19 bits per heavy atom. The molecule has 1 aromatic carbocycles. The van der Waals surface area contributed by atoms with Gasteiger partial charge in [-0.15, -0.1) is 10.2 Å². The minimum Gasteiger partial charge on any atom is -0.549 e. The third kappa shape index (κ3) is 2.35. The Balaban J connectivity index is 2.34. The van der Waals surface area contributed by atoms with E-state index >= 15 is 0 Å². The van der Waals surface area contributed by atoms with E-state index in [1.54, 1.807) is 0 Å². The summed E-state index contributed by atoms with van der Waals surface area (Å²) in [6, 6.07) is 6.20. The zero-order valence-electron chi connectivity index (χ0n) is 12.0. The number of carboxylic acid groups (broad SMARTS) is 1. The highest BCUT2D eigenvalue weighted by atomic mass is 32.2. The van der Waals surface area contributed by atoms with Crippen molar-refractivity contribution >= 4 is 34.3 Å². The number of hydrogen-bond donors (Lipinski definition) is 0. The summed E-state index contributed by atoms with van der Waals surface area (Å²) in [6.07, 6.45) is 0. The molecule has 0 N–H and O–H groups in total. The molecule has 0 fully saturated rings. The summed E-state index contributed by atoms with van der Waals surface area (Å²) in [5, 5.41) is 20.6. The van der Waals surface area contributed by atoms with Crippen molar-refractivity contribution in [3.63, 3.8) is 0 Å². The Morgan fingerprint density at radius 3 is 2.67 bits per heavy atom. The highest BCUT2D eigenvalue weighted by Crippen LogP contribution is 2.28.